The number of ether oxygens (including phenoxy) is 1. The van der Waals surface area contributed by atoms with Gasteiger partial charge in [-0.15, -0.1) is 0 Å². The summed E-state index contributed by atoms with van der Waals surface area (Å²) in [7, 11) is 0. The van der Waals surface area contributed by atoms with Gasteiger partial charge in [0.1, 0.15) is 5.75 Å². The molecule has 0 saturated heterocycles. The summed E-state index contributed by atoms with van der Waals surface area (Å²) < 4.78 is 5.61. The Bertz CT molecular complexity index is 719. The minimum Gasteiger partial charge on any atom is -0.459 e. The van der Waals surface area contributed by atoms with Crippen LogP contribution in [0.25, 0.3) is 0 Å². The van der Waals surface area contributed by atoms with Crippen molar-refractivity contribution in [3.63, 3.8) is 0 Å². The van der Waals surface area contributed by atoms with E-state index < -0.39 is 21.8 Å². The molecule has 0 spiro atoms. The maximum Gasteiger partial charge on any atom is 0.304 e. The van der Waals surface area contributed by atoms with Gasteiger partial charge in [0.05, 0.1) is 5.56 Å². The topological polar surface area (TPSA) is 69.4 Å². The Morgan fingerprint density at radius 3 is 2.38 bits per heavy atom. The highest BCUT2D eigenvalue weighted by Crippen LogP contribution is 2.45. The first-order valence-electron chi connectivity index (χ1n) is 6.24. The summed E-state index contributed by atoms with van der Waals surface area (Å²) in [5.41, 5.74) is 0.595. The van der Waals surface area contributed by atoms with Crippen LogP contribution in [-0.2, 0) is 9.85 Å². The van der Waals surface area contributed by atoms with Gasteiger partial charge in [-0.3, -0.25) is 14.9 Å². The number of alkyl halides is 1. The van der Waals surface area contributed by atoms with Gasteiger partial charge in [-0.25, -0.2) is 0 Å². The average Bonchev–Trinajstić information content (AvgIpc) is 2.49. The summed E-state index contributed by atoms with van der Waals surface area (Å²) in [6.45, 7) is 0. The van der Waals surface area contributed by atoms with Crippen molar-refractivity contribution in [1.29, 1.82) is 0 Å². The largest absolute Gasteiger partial charge is 0.459 e. The van der Waals surface area contributed by atoms with Gasteiger partial charge < -0.3 is 4.74 Å². The van der Waals surface area contributed by atoms with Gasteiger partial charge in [0.15, 0.2) is 0 Å². The van der Waals surface area contributed by atoms with E-state index in [1.165, 1.54) is 6.07 Å². The number of rotatable bonds is 2. The van der Waals surface area contributed by atoms with E-state index in [9.17, 15) is 14.9 Å². The molecule has 2 unspecified atom stereocenters. The second-order valence-electron chi connectivity index (χ2n) is 4.65. The highest BCUT2D eigenvalue weighted by molar-refractivity contribution is 6.35. The molecular formula is C15H10ClNO4. The third-order valence-corrected chi connectivity index (χ3v) is 3.87. The number of hydrogen-bond donors (Lipinski definition) is 0. The lowest BCUT2D eigenvalue weighted by atomic mass is 9.91. The number of Topliss-reactive ketones (excluding diaryl/α,β-unsaturated/α-hetero) is 1. The number of ketones is 1. The molecule has 1 heterocycles. The Morgan fingerprint density at radius 2 is 1.71 bits per heavy atom. The van der Waals surface area contributed by atoms with Crippen molar-refractivity contribution in [2.45, 2.75) is 11.1 Å². The molecule has 0 aliphatic carbocycles. The zero-order valence-corrected chi connectivity index (χ0v) is 11.5. The molecule has 0 bridgehead atoms. The van der Waals surface area contributed by atoms with E-state index in [1.807, 2.05) is 0 Å². The number of benzene rings is 2. The van der Waals surface area contributed by atoms with Crippen LogP contribution in [-0.4, -0.2) is 10.7 Å². The molecule has 3 rings (SSSR count). The molecule has 2 aromatic carbocycles. The summed E-state index contributed by atoms with van der Waals surface area (Å²) in [6.07, 6.45) is 0. The van der Waals surface area contributed by atoms with Crippen LogP contribution in [0.2, 0.25) is 0 Å². The van der Waals surface area contributed by atoms with Crippen LogP contribution in [0.1, 0.15) is 17.2 Å². The molecule has 106 valence electrons. The fourth-order valence-corrected chi connectivity index (χ4v) is 2.69. The number of nitrogens with zero attached hydrogens (tertiary/aromatic N) is 1. The quantitative estimate of drug-likeness (QED) is 0.486. The number of carbonyl (C=O) groups excluding carboxylic acids is 1. The minimum atomic E-state index is -1.88. The molecule has 2 aromatic rings. The van der Waals surface area contributed by atoms with E-state index in [2.05, 4.69) is 0 Å². The lowest BCUT2D eigenvalue weighted by Crippen LogP contribution is -2.45. The lowest BCUT2D eigenvalue weighted by Gasteiger charge is -2.33. The normalized spacial score (nSPS) is 24.0. The third kappa shape index (κ3) is 2.06. The molecule has 1 aliphatic heterocycles. The second-order valence-corrected chi connectivity index (χ2v) is 5.19. The van der Waals surface area contributed by atoms with Crippen LogP contribution in [0.5, 0.6) is 5.75 Å². The molecule has 0 aromatic heterocycles. The van der Waals surface area contributed by atoms with Gasteiger partial charge in [-0.2, -0.15) is 0 Å². The lowest BCUT2D eigenvalue weighted by molar-refractivity contribution is -0.515. The first-order valence-corrected chi connectivity index (χ1v) is 6.62. The summed E-state index contributed by atoms with van der Waals surface area (Å²) in [4.78, 5) is 23.2. The average molecular weight is 304 g/mol. The van der Waals surface area contributed by atoms with Crippen LogP contribution in [0, 0.1) is 10.1 Å². The Balaban J connectivity index is 2.19. The molecular weight excluding hydrogens is 294 g/mol. The van der Waals surface area contributed by atoms with Crippen LogP contribution < -0.4 is 4.74 Å². The van der Waals surface area contributed by atoms with Crippen LogP contribution in [0.3, 0.4) is 0 Å². The summed E-state index contributed by atoms with van der Waals surface area (Å²) in [6, 6.07) is 13.2. The minimum absolute atomic E-state index is 0.222. The van der Waals surface area contributed by atoms with Crippen molar-refractivity contribution < 1.29 is 14.5 Å². The Hall–Kier alpha value is -2.40. The van der Waals surface area contributed by atoms with Gasteiger partial charge in [-0.1, -0.05) is 54.1 Å². The Kier molecular flexibility index (Phi) is 3.14. The van der Waals surface area contributed by atoms with Crippen molar-refractivity contribution in [1.82, 2.24) is 0 Å². The molecule has 0 fully saturated rings. The number of carbonyl (C=O) groups is 1. The second kappa shape index (κ2) is 4.86. The summed E-state index contributed by atoms with van der Waals surface area (Å²) in [5.74, 6) is -0.545. The molecule has 6 heteroatoms. The van der Waals surface area contributed by atoms with Gasteiger partial charge in [0.2, 0.25) is 0 Å². The number of halogens is 1. The smallest absolute Gasteiger partial charge is 0.304 e. The zero-order valence-electron chi connectivity index (χ0n) is 10.7. The van der Waals surface area contributed by atoms with Crippen LogP contribution >= 0.6 is 11.6 Å². The predicted molar refractivity (Wildman–Crippen MR) is 75.8 cm³/mol. The van der Waals surface area contributed by atoms with E-state index in [-0.39, 0.29) is 11.3 Å². The van der Waals surface area contributed by atoms with Gasteiger partial charge in [0, 0.05) is 10.5 Å². The van der Waals surface area contributed by atoms with Crippen molar-refractivity contribution in [3.8, 4) is 5.75 Å². The maximum atomic E-state index is 12.6. The number of hydrogen-bond acceptors (Lipinski definition) is 4. The standard InChI is InChI=1S/C15H10ClNO4/c16-15(10-6-2-1-3-7-10)14(18)13(17(19)20)11-8-4-5-9-12(11)21-15/h1-9,13H. The molecule has 21 heavy (non-hydrogen) atoms. The fraction of sp³-hybridized carbons (Fsp3) is 0.133. The maximum absolute atomic E-state index is 12.6. The number of para-hydroxylation sites is 1. The number of nitro groups is 1. The molecule has 5 nitrogen and oxygen atoms in total. The Morgan fingerprint density at radius 1 is 1.10 bits per heavy atom. The predicted octanol–water partition coefficient (Wildman–Crippen LogP) is 3.06. The zero-order chi connectivity index (χ0) is 15.0. The Labute approximate surface area is 125 Å². The van der Waals surface area contributed by atoms with Crippen molar-refractivity contribution in [2.24, 2.45) is 0 Å². The van der Waals surface area contributed by atoms with Crippen LogP contribution in [0.15, 0.2) is 54.6 Å². The van der Waals surface area contributed by atoms with E-state index in [0.717, 1.165) is 0 Å². The van der Waals surface area contributed by atoms with Crippen molar-refractivity contribution in [2.75, 3.05) is 0 Å². The van der Waals surface area contributed by atoms with Gasteiger partial charge >= 0.3 is 6.04 Å². The molecule has 0 saturated carbocycles. The fourth-order valence-electron chi connectivity index (χ4n) is 2.38. The monoisotopic (exact) mass is 303 g/mol. The van der Waals surface area contributed by atoms with Crippen LogP contribution in [0.4, 0.5) is 0 Å². The van der Waals surface area contributed by atoms with E-state index in [1.54, 1.807) is 48.5 Å². The van der Waals surface area contributed by atoms with E-state index in [4.69, 9.17) is 16.3 Å². The SMILES string of the molecule is O=C1C([N+](=O)[O-])c2ccccc2OC1(Cl)c1ccccc1. The highest BCUT2D eigenvalue weighted by atomic mass is 35.5. The molecule has 0 radical (unpaired) electrons. The highest BCUT2D eigenvalue weighted by Gasteiger charge is 2.55. The molecule has 2 atom stereocenters. The molecule has 0 amide bonds. The third-order valence-electron chi connectivity index (χ3n) is 3.39. The molecule has 0 N–H and O–H groups in total. The molecule has 1 aliphatic rings. The van der Waals surface area contributed by atoms with Gasteiger partial charge in [-0.05, 0) is 12.1 Å². The van der Waals surface area contributed by atoms with Gasteiger partial charge in [0.25, 0.3) is 10.8 Å². The first-order chi connectivity index (χ1) is 10.0. The number of fused-ring (bicyclic) bond motifs is 1. The summed E-state index contributed by atoms with van der Waals surface area (Å²) >= 11 is 6.34. The van der Waals surface area contributed by atoms with E-state index >= 15 is 0 Å². The van der Waals surface area contributed by atoms with Crippen molar-refractivity contribution >= 4 is 17.4 Å². The first kappa shape index (κ1) is 13.6. The van der Waals surface area contributed by atoms with Crippen molar-refractivity contribution in [3.05, 3.63) is 75.8 Å². The van der Waals surface area contributed by atoms with E-state index in [0.29, 0.717) is 5.56 Å². The summed E-state index contributed by atoms with van der Waals surface area (Å²) in [5, 5.41) is 9.44.